The van der Waals surface area contributed by atoms with Gasteiger partial charge in [0.15, 0.2) is 6.73 Å². The van der Waals surface area contributed by atoms with E-state index in [4.69, 9.17) is 16.3 Å². The Morgan fingerprint density at radius 1 is 1.17 bits per heavy atom. The van der Waals surface area contributed by atoms with Gasteiger partial charge in [-0.3, -0.25) is 4.79 Å². The minimum absolute atomic E-state index is 0.0891. The van der Waals surface area contributed by atoms with E-state index in [0.717, 1.165) is 28.3 Å². The monoisotopic (exact) mass is 406 g/mol. The van der Waals surface area contributed by atoms with Crippen LogP contribution in [0.15, 0.2) is 48.7 Å². The first kappa shape index (κ1) is 18.4. The summed E-state index contributed by atoms with van der Waals surface area (Å²) in [5, 5.41) is 2.58. The summed E-state index contributed by atoms with van der Waals surface area (Å²) in [6, 6.07) is 14.2. The quantitative estimate of drug-likeness (QED) is 0.542. The lowest BCUT2D eigenvalue weighted by Crippen LogP contribution is -2.46. The molecular formula is C24H23ClN2O2. The second-order valence-corrected chi connectivity index (χ2v) is 8.54. The molecule has 5 heteroatoms. The Kier molecular flexibility index (Phi) is 4.67. The second-order valence-electron chi connectivity index (χ2n) is 8.15. The number of ether oxygens (including phenoxy) is 1. The first-order valence-corrected chi connectivity index (χ1v) is 10.6. The molecule has 0 radical (unpaired) electrons. The average molecular weight is 407 g/mol. The van der Waals surface area contributed by atoms with E-state index in [2.05, 4.69) is 18.0 Å². The third-order valence-corrected chi connectivity index (χ3v) is 6.54. The van der Waals surface area contributed by atoms with Crippen LogP contribution in [0.25, 0.3) is 10.8 Å². The normalized spacial score (nSPS) is 21.3. The van der Waals surface area contributed by atoms with Crippen LogP contribution >= 0.6 is 11.6 Å². The molecule has 0 spiro atoms. The Morgan fingerprint density at radius 2 is 2.00 bits per heavy atom. The van der Waals surface area contributed by atoms with E-state index in [9.17, 15) is 4.79 Å². The predicted molar refractivity (Wildman–Crippen MR) is 114 cm³/mol. The minimum Gasteiger partial charge on any atom is -0.472 e. The maximum Gasteiger partial charge on any atom is 0.260 e. The number of amides is 1. The van der Waals surface area contributed by atoms with Crippen molar-refractivity contribution in [3.8, 4) is 5.75 Å². The van der Waals surface area contributed by atoms with Gasteiger partial charge in [-0.1, -0.05) is 55.3 Å². The van der Waals surface area contributed by atoms with Crippen molar-refractivity contribution in [2.45, 2.75) is 38.6 Å². The summed E-state index contributed by atoms with van der Waals surface area (Å²) < 4.78 is 6.18. The van der Waals surface area contributed by atoms with Gasteiger partial charge < -0.3 is 9.64 Å². The van der Waals surface area contributed by atoms with Crippen molar-refractivity contribution in [1.29, 1.82) is 0 Å². The summed E-state index contributed by atoms with van der Waals surface area (Å²) in [7, 11) is 0. The molecule has 148 valence electrons. The van der Waals surface area contributed by atoms with Gasteiger partial charge in [-0.2, -0.15) is 0 Å². The van der Waals surface area contributed by atoms with Crippen molar-refractivity contribution in [2.75, 3.05) is 6.73 Å². The van der Waals surface area contributed by atoms with Gasteiger partial charge in [0.05, 0.1) is 5.56 Å². The molecule has 1 aliphatic heterocycles. The van der Waals surface area contributed by atoms with Gasteiger partial charge in [-0.15, -0.1) is 0 Å². The lowest BCUT2D eigenvalue weighted by atomic mass is 9.93. The Morgan fingerprint density at radius 3 is 2.72 bits per heavy atom. The molecule has 5 rings (SSSR count). The summed E-state index contributed by atoms with van der Waals surface area (Å²) in [5.41, 5.74) is 2.83. The molecule has 4 nitrogen and oxygen atoms in total. The third-order valence-electron chi connectivity index (χ3n) is 6.32. The van der Waals surface area contributed by atoms with Gasteiger partial charge in [0.25, 0.3) is 5.91 Å². The molecule has 1 aliphatic carbocycles. The van der Waals surface area contributed by atoms with Crippen LogP contribution in [0.1, 0.15) is 47.7 Å². The highest BCUT2D eigenvalue weighted by molar-refractivity contribution is 6.29. The Labute approximate surface area is 175 Å². The van der Waals surface area contributed by atoms with Crippen LogP contribution in [0.5, 0.6) is 5.75 Å². The predicted octanol–water partition coefficient (Wildman–Crippen LogP) is 5.46. The van der Waals surface area contributed by atoms with Crippen LogP contribution in [0, 0.1) is 5.92 Å². The van der Waals surface area contributed by atoms with Crippen molar-refractivity contribution < 1.29 is 9.53 Å². The molecule has 2 unspecified atom stereocenters. The fraction of sp³-hybridized carbons (Fsp3) is 0.333. The second kappa shape index (κ2) is 7.34. The molecule has 1 amide bonds. The number of hydrogen-bond donors (Lipinski definition) is 0. The van der Waals surface area contributed by atoms with Crippen molar-refractivity contribution in [2.24, 2.45) is 5.92 Å². The third kappa shape index (κ3) is 3.25. The Bertz CT molecular complexity index is 1080. The van der Waals surface area contributed by atoms with Gasteiger partial charge >= 0.3 is 0 Å². The molecule has 0 N–H and O–H groups in total. The lowest BCUT2D eigenvalue weighted by molar-refractivity contribution is 0.0335. The summed E-state index contributed by atoms with van der Waals surface area (Å²) in [4.78, 5) is 19.6. The van der Waals surface area contributed by atoms with Crippen LogP contribution < -0.4 is 4.74 Å². The molecule has 1 saturated carbocycles. The van der Waals surface area contributed by atoms with Gasteiger partial charge in [0.1, 0.15) is 10.9 Å². The van der Waals surface area contributed by atoms with E-state index in [1.165, 1.54) is 12.8 Å². The van der Waals surface area contributed by atoms with Crippen molar-refractivity contribution in [3.05, 3.63) is 70.5 Å². The summed E-state index contributed by atoms with van der Waals surface area (Å²) in [6.45, 7) is 2.57. The molecule has 0 saturated heterocycles. The van der Waals surface area contributed by atoms with E-state index in [1.54, 1.807) is 12.3 Å². The summed E-state index contributed by atoms with van der Waals surface area (Å²) in [6.07, 6.45) is 5.89. The summed E-state index contributed by atoms with van der Waals surface area (Å²) in [5.74, 6) is 1.32. The minimum atomic E-state index is 0.0891. The zero-order valence-electron chi connectivity index (χ0n) is 16.4. The number of aromatic nitrogens is 1. The number of benzene rings is 2. The first-order chi connectivity index (χ1) is 14.1. The zero-order chi connectivity index (χ0) is 20.0. The van der Waals surface area contributed by atoms with Gasteiger partial charge in [-0.25, -0.2) is 4.98 Å². The van der Waals surface area contributed by atoms with Crippen molar-refractivity contribution >= 4 is 28.3 Å². The molecular weight excluding hydrogens is 384 g/mol. The molecule has 29 heavy (non-hydrogen) atoms. The number of halogens is 1. The fourth-order valence-electron chi connectivity index (χ4n) is 4.80. The molecule has 2 heterocycles. The number of carbonyl (C=O) groups is 1. The lowest BCUT2D eigenvalue weighted by Gasteiger charge is -2.36. The highest BCUT2D eigenvalue weighted by atomic mass is 35.5. The zero-order valence-corrected chi connectivity index (χ0v) is 17.2. The van der Waals surface area contributed by atoms with Crippen molar-refractivity contribution in [1.82, 2.24) is 9.88 Å². The SMILES string of the molecule is CC1CCCC1N1COc2c(cc(Cc3ccc(Cl)nc3)c3ccccc23)C1=O. The standard InChI is InChI=1S/C24H23ClN2O2/c1-15-5-4-8-21(15)27-14-29-23-19-7-3-2-6-18(19)17(12-20(23)24(27)28)11-16-9-10-22(25)26-13-16/h2-3,6-7,9-10,12-13,15,21H,4-5,8,11,14H2,1H3. The largest absolute Gasteiger partial charge is 0.472 e. The number of rotatable bonds is 3. The number of nitrogens with zero attached hydrogens (tertiary/aromatic N) is 2. The molecule has 1 aromatic heterocycles. The van der Waals surface area contributed by atoms with E-state index >= 15 is 0 Å². The number of fused-ring (bicyclic) bond motifs is 3. The average Bonchev–Trinajstić information content (AvgIpc) is 3.16. The maximum absolute atomic E-state index is 13.5. The van der Waals surface area contributed by atoms with Gasteiger partial charge in [-0.05, 0) is 53.8 Å². The number of pyridine rings is 1. The molecule has 3 aromatic rings. The van der Waals surface area contributed by atoms with E-state index < -0.39 is 0 Å². The molecule has 2 aromatic carbocycles. The smallest absolute Gasteiger partial charge is 0.260 e. The number of hydrogen-bond acceptors (Lipinski definition) is 3. The Balaban J connectivity index is 1.59. The van der Waals surface area contributed by atoms with Crippen LogP contribution in [-0.4, -0.2) is 28.6 Å². The maximum atomic E-state index is 13.5. The topological polar surface area (TPSA) is 42.4 Å². The molecule has 2 aliphatic rings. The van der Waals surface area contributed by atoms with Crippen LogP contribution in [0.3, 0.4) is 0 Å². The van der Waals surface area contributed by atoms with Crippen LogP contribution in [0.2, 0.25) is 5.15 Å². The van der Waals surface area contributed by atoms with E-state index in [-0.39, 0.29) is 11.9 Å². The van der Waals surface area contributed by atoms with E-state index in [0.29, 0.717) is 35.5 Å². The summed E-state index contributed by atoms with van der Waals surface area (Å²) >= 11 is 5.94. The van der Waals surface area contributed by atoms with E-state index in [1.807, 2.05) is 35.2 Å². The van der Waals surface area contributed by atoms with Gasteiger partial charge in [0, 0.05) is 17.6 Å². The first-order valence-electron chi connectivity index (χ1n) is 10.2. The highest BCUT2D eigenvalue weighted by Gasteiger charge is 2.37. The molecule has 2 atom stereocenters. The van der Waals surface area contributed by atoms with Crippen LogP contribution in [-0.2, 0) is 6.42 Å². The van der Waals surface area contributed by atoms with Crippen molar-refractivity contribution in [3.63, 3.8) is 0 Å². The van der Waals surface area contributed by atoms with Crippen LogP contribution in [0.4, 0.5) is 0 Å². The van der Waals surface area contributed by atoms with Gasteiger partial charge in [0.2, 0.25) is 0 Å². The molecule has 1 fully saturated rings. The fourth-order valence-corrected chi connectivity index (χ4v) is 4.91. The number of carbonyl (C=O) groups excluding carboxylic acids is 1. The highest BCUT2D eigenvalue weighted by Crippen LogP contribution is 2.39. The molecule has 0 bridgehead atoms. The Hall–Kier alpha value is -2.59.